The van der Waals surface area contributed by atoms with Gasteiger partial charge in [0.15, 0.2) is 11.8 Å². The van der Waals surface area contributed by atoms with E-state index < -0.39 is 0 Å². The molecule has 6 nitrogen and oxygen atoms in total. The average molecular weight is 561 g/mol. The maximum absolute atomic E-state index is 4.36. The molecule has 1 aromatic carbocycles. The van der Waals surface area contributed by atoms with Crippen LogP contribution in [-0.2, 0) is 25.9 Å². The Morgan fingerprint density at radius 1 is 1.29 bits per heavy atom. The van der Waals surface area contributed by atoms with Gasteiger partial charge in [-0.2, -0.15) is 0 Å². The van der Waals surface area contributed by atoms with Gasteiger partial charge in [0.25, 0.3) is 0 Å². The lowest BCUT2D eigenvalue weighted by Crippen LogP contribution is -2.40. The number of aryl methyl sites for hydroxylation is 1. The molecule has 1 unspecified atom stereocenters. The van der Waals surface area contributed by atoms with Crippen LogP contribution in [0.2, 0.25) is 0 Å². The first kappa shape index (κ1) is 23.1. The Balaban J connectivity index is 0.00000280. The summed E-state index contributed by atoms with van der Waals surface area (Å²) in [6.07, 6.45) is 5.63. The molecule has 0 spiro atoms. The molecule has 0 amide bonds. The third-order valence-corrected chi connectivity index (χ3v) is 5.62. The van der Waals surface area contributed by atoms with Crippen molar-refractivity contribution in [1.82, 2.24) is 25.4 Å². The number of fused-ring (bicyclic) bond motifs is 1. The summed E-state index contributed by atoms with van der Waals surface area (Å²) in [7, 11) is 1.81. The Bertz CT molecular complexity index is 776. The van der Waals surface area contributed by atoms with Crippen LogP contribution >= 0.6 is 39.9 Å². The number of benzene rings is 1. The van der Waals surface area contributed by atoms with Gasteiger partial charge in [-0.25, -0.2) is 0 Å². The summed E-state index contributed by atoms with van der Waals surface area (Å²) in [5.41, 5.74) is 1.36. The number of rotatable bonds is 7. The summed E-state index contributed by atoms with van der Waals surface area (Å²) in [4.78, 5) is 4.36. The number of nitrogens with one attached hydrogen (secondary N) is 2. The third kappa shape index (κ3) is 6.43. The van der Waals surface area contributed by atoms with Crippen LogP contribution in [0.25, 0.3) is 0 Å². The molecular weight excluding hydrogens is 531 g/mol. The number of aromatic nitrogens is 3. The van der Waals surface area contributed by atoms with Gasteiger partial charge in [0.2, 0.25) is 0 Å². The summed E-state index contributed by atoms with van der Waals surface area (Å²) in [6.45, 7) is 4.80. The second-order valence-electron chi connectivity index (χ2n) is 7.06. The number of hydrogen-bond donors (Lipinski definition) is 2. The first-order valence-electron chi connectivity index (χ1n) is 9.79. The summed E-state index contributed by atoms with van der Waals surface area (Å²) in [6, 6.07) is 8.55. The second kappa shape index (κ2) is 11.7. The van der Waals surface area contributed by atoms with Gasteiger partial charge in [-0.3, -0.25) is 4.99 Å². The van der Waals surface area contributed by atoms with Crippen molar-refractivity contribution >= 4 is 45.9 Å². The molecule has 2 heterocycles. The van der Waals surface area contributed by atoms with Crippen LogP contribution in [0.1, 0.15) is 43.4 Å². The van der Waals surface area contributed by atoms with Gasteiger partial charge in [-0.05, 0) is 42.9 Å². The maximum Gasteiger partial charge on any atom is 0.191 e. The highest BCUT2D eigenvalue weighted by atomic mass is 127. The zero-order valence-electron chi connectivity index (χ0n) is 16.6. The van der Waals surface area contributed by atoms with Gasteiger partial charge in [-0.1, -0.05) is 41.4 Å². The Hall–Kier alpha value is -1.16. The predicted octanol–water partition coefficient (Wildman–Crippen LogP) is 3.93. The van der Waals surface area contributed by atoms with Crippen molar-refractivity contribution in [2.75, 3.05) is 13.6 Å². The Kier molecular flexibility index (Phi) is 9.70. The van der Waals surface area contributed by atoms with E-state index in [2.05, 4.69) is 77.5 Å². The van der Waals surface area contributed by atoms with Gasteiger partial charge >= 0.3 is 0 Å². The van der Waals surface area contributed by atoms with E-state index in [1.165, 1.54) is 18.4 Å². The molecule has 0 aliphatic carbocycles. The van der Waals surface area contributed by atoms with Crippen LogP contribution in [-0.4, -0.2) is 34.3 Å². The number of halogens is 2. The lowest BCUT2D eigenvalue weighted by Gasteiger charge is -2.19. The molecule has 1 aliphatic rings. The average Bonchev–Trinajstić information content (AvgIpc) is 3.10. The van der Waals surface area contributed by atoms with Crippen LogP contribution in [0.3, 0.4) is 0 Å². The second-order valence-corrected chi connectivity index (χ2v) is 7.97. The van der Waals surface area contributed by atoms with E-state index in [1.807, 2.05) is 7.05 Å². The third-order valence-electron chi connectivity index (χ3n) is 5.12. The molecule has 2 N–H and O–H groups in total. The van der Waals surface area contributed by atoms with Crippen molar-refractivity contribution in [3.8, 4) is 0 Å². The van der Waals surface area contributed by atoms with E-state index in [4.69, 9.17) is 0 Å². The highest BCUT2D eigenvalue weighted by Crippen LogP contribution is 2.17. The van der Waals surface area contributed by atoms with E-state index in [-0.39, 0.29) is 24.0 Å². The SMILES string of the molecule is CCC(CNC(=NC)NCc1nnc2n1CCCC2)Cc1cccc(Br)c1.I. The Morgan fingerprint density at radius 2 is 2.14 bits per heavy atom. The highest BCUT2D eigenvalue weighted by Gasteiger charge is 2.16. The van der Waals surface area contributed by atoms with Gasteiger partial charge < -0.3 is 15.2 Å². The normalized spacial score (nSPS) is 14.8. The van der Waals surface area contributed by atoms with Gasteiger partial charge in [0.1, 0.15) is 5.82 Å². The zero-order valence-corrected chi connectivity index (χ0v) is 20.5. The van der Waals surface area contributed by atoms with E-state index in [9.17, 15) is 0 Å². The molecule has 0 radical (unpaired) electrons. The van der Waals surface area contributed by atoms with E-state index >= 15 is 0 Å². The molecule has 154 valence electrons. The van der Waals surface area contributed by atoms with E-state index in [0.717, 1.165) is 54.4 Å². The van der Waals surface area contributed by atoms with Crippen molar-refractivity contribution in [2.24, 2.45) is 10.9 Å². The summed E-state index contributed by atoms with van der Waals surface area (Å²) in [5, 5.41) is 15.5. The van der Waals surface area contributed by atoms with Crippen molar-refractivity contribution in [3.05, 3.63) is 46.0 Å². The van der Waals surface area contributed by atoms with Crippen molar-refractivity contribution in [1.29, 1.82) is 0 Å². The fraction of sp³-hybridized carbons (Fsp3) is 0.550. The standard InChI is InChI=1S/C20H29BrN6.HI/c1-3-15(11-16-7-6-8-17(21)12-16)13-23-20(22-2)24-14-19-26-25-18-9-4-5-10-27(18)19;/h6-8,12,15H,3-5,9-11,13-14H2,1-2H3,(H2,22,23,24);1H. The molecule has 0 saturated carbocycles. The molecule has 0 fully saturated rings. The monoisotopic (exact) mass is 560 g/mol. The molecule has 1 aliphatic heterocycles. The molecule has 1 aromatic heterocycles. The fourth-order valence-corrected chi connectivity index (χ4v) is 3.93. The van der Waals surface area contributed by atoms with Gasteiger partial charge in [0.05, 0.1) is 6.54 Å². The van der Waals surface area contributed by atoms with Crippen LogP contribution in [0.4, 0.5) is 0 Å². The van der Waals surface area contributed by atoms with Crippen LogP contribution in [0.15, 0.2) is 33.7 Å². The molecule has 28 heavy (non-hydrogen) atoms. The minimum Gasteiger partial charge on any atom is -0.356 e. The minimum absolute atomic E-state index is 0. The fourth-order valence-electron chi connectivity index (χ4n) is 3.48. The lowest BCUT2D eigenvalue weighted by atomic mass is 9.97. The lowest BCUT2D eigenvalue weighted by molar-refractivity contribution is 0.490. The topological polar surface area (TPSA) is 67.1 Å². The number of hydrogen-bond acceptors (Lipinski definition) is 3. The van der Waals surface area contributed by atoms with Gasteiger partial charge in [0, 0.05) is 31.0 Å². The predicted molar refractivity (Wildman–Crippen MR) is 128 cm³/mol. The van der Waals surface area contributed by atoms with E-state index in [1.54, 1.807) is 0 Å². The molecule has 8 heteroatoms. The number of guanidine groups is 1. The van der Waals surface area contributed by atoms with Crippen LogP contribution in [0, 0.1) is 5.92 Å². The summed E-state index contributed by atoms with van der Waals surface area (Å²) < 4.78 is 3.38. The Labute approximate surface area is 193 Å². The first-order chi connectivity index (χ1) is 13.2. The molecule has 3 rings (SSSR count). The van der Waals surface area contributed by atoms with Crippen molar-refractivity contribution in [3.63, 3.8) is 0 Å². The zero-order chi connectivity index (χ0) is 19.1. The summed E-state index contributed by atoms with van der Waals surface area (Å²) in [5.74, 6) is 3.48. The minimum atomic E-state index is 0. The van der Waals surface area contributed by atoms with Crippen LogP contribution in [0.5, 0.6) is 0 Å². The van der Waals surface area contributed by atoms with Crippen LogP contribution < -0.4 is 10.6 Å². The van der Waals surface area contributed by atoms with Crippen molar-refractivity contribution in [2.45, 2.75) is 52.1 Å². The molecular formula is C20H30BrIN6. The van der Waals surface area contributed by atoms with Gasteiger partial charge in [-0.15, -0.1) is 34.2 Å². The Morgan fingerprint density at radius 3 is 2.89 bits per heavy atom. The van der Waals surface area contributed by atoms with Crippen molar-refractivity contribution < 1.29 is 0 Å². The summed E-state index contributed by atoms with van der Waals surface area (Å²) >= 11 is 3.56. The molecule has 0 bridgehead atoms. The number of nitrogens with zero attached hydrogens (tertiary/aromatic N) is 4. The highest BCUT2D eigenvalue weighted by molar-refractivity contribution is 14.0. The molecule has 0 saturated heterocycles. The number of aliphatic imine (C=N–C) groups is 1. The molecule has 1 atom stereocenters. The quantitative estimate of drug-likeness (QED) is 0.306. The first-order valence-corrected chi connectivity index (χ1v) is 10.6. The molecule has 2 aromatic rings. The maximum atomic E-state index is 4.36. The van der Waals surface area contributed by atoms with E-state index in [0.29, 0.717) is 12.5 Å². The largest absolute Gasteiger partial charge is 0.356 e. The smallest absolute Gasteiger partial charge is 0.191 e.